The van der Waals surface area contributed by atoms with E-state index >= 15 is 0 Å². The summed E-state index contributed by atoms with van der Waals surface area (Å²) in [5, 5.41) is 9.69. The van der Waals surface area contributed by atoms with Crippen LogP contribution in [0, 0.1) is 18.3 Å². The first-order valence-electron chi connectivity index (χ1n) is 10.7. The SMILES string of the molecule is CCC1CCCN1c1ccc(CC(=O)C2=CCc3cccc(C)c3C2=O)c(C#N)c1. The fourth-order valence-electron chi connectivity index (χ4n) is 4.77. The zero-order valence-corrected chi connectivity index (χ0v) is 17.6. The first-order valence-corrected chi connectivity index (χ1v) is 10.7. The van der Waals surface area contributed by atoms with Gasteiger partial charge in [0.05, 0.1) is 17.2 Å². The van der Waals surface area contributed by atoms with Crippen molar-refractivity contribution in [3.8, 4) is 6.07 Å². The molecular formula is C26H26N2O2. The quantitative estimate of drug-likeness (QED) is 0.684. The fraction of sp³-hybridized carbons (Fsp3) is 0.346. The third-order valence-corrected chi connectivity index (χ3v) is 6.40. The topological polar surface area (TPSA) is 61.2 Å². The second-order valence-electron chi connectivity index (χ2n) is 8.21. The van der Waals surface area contributed by atoms with Gasteiger partial charge in [-0.1, -0.05) is 37.3 Å². The molecule has 1 saturated heterocycles. The molecular weight excluding hydrogens is 372 g/mol. The van der Waals surface area contributed by atoms with Gasteiger partial charge in [-0.15, -0.1) is 0 Å². The Bertz CT molecular complexity index is 1090. The number of fused-ring (bicyclic) bond motifs is 1. The van der Waals surface area contributed by atoms with Crippen LogP contribution in [0.4, 0.5) is 5.69 Å². The summed E-state index contributed by atoms with van der Waals surface area (Å²) < 4.78 is 0. The van der Waals surface area contributed by atoms with Crippen LogP contribution in [-0.2, 0) is 17.6 Å². The minimum Gasteiger partial charge on any atom is -0.369 e. The average molecular weight is 399 g/mol. The molecule has 1 aliphatic carbocycles. The molecule has 0 spiro atoms. The molecule has 1 aliphatic heterocycles. The van der Waals surface area contributed by atoms with Crippen molar-refractivity contribution in [2.45, 2.75) is 52.0 Å². The van der Waals surface area contributed by atoms with Crippen molar-refractivity contribution in [1.29, 1.82) is 5.26 Å². The largest absolute Gasteiger partial charge is 0.369 e. The van der Waals surface area contributed by atoms with E-state index in [9.17, 15) is 14.9 Å². The van der Waals surface area contributed by atoms with E-state index in [1.54, 1.807) is 6.08 Å². The number of hydrogen-bond donors (Lipinski definition) is 0. The van der Waals surface area contributed by atoms with Crippen LogP contribution in [0.1, 0.15) is 58.8 Å². The molecule has 1 fully saturated rings. The lowest BCUT2D eigenvalue weighted by Gasteiger charge is -2.26. The zero-order valence-electron chi connectivity index (χ0n) is 17.6. The van der Waals surface area contributed by atoms with Gasteiger partial charge in [0.25, 0.3) is 0 Å². The molecule has 2 aliphatic rings. The van der Waals surface area contributed by atoms with Gasteiger partial charge in [-0.05, 0) is 61.4 Å². The van der Waals surface area contributed by atoms with Gasteiger partial charge < -0.3 is 4.90 Å². The van der Waals surface area contributed by atoms with E-state index in [0.717, 1.165) is 36.2 Å². The Hall–Kier alpha value is -3.19. The molecule has 30 heavy (non-hydrogen) atoms. The van der Waals surface area contributed by atoms with Crippen LogP contribution in [0.15, 0.2) is 48.0 Å². The number of carbonyl (C=O) groups is 2. The second-order valence-corrected chi connectivity index (χ2v) is 8.21. The highest BCUT2D eigenvalue weighted by Gasteiger charge is 2.28. The lowest BCUT2D eigenvalue weighted by Crippen LogP contribution is -2.28. The molecule has 0 saturated carbocycles. The minimum absolute atomic E-state index is 0.0686. The van der Waals surface area contributed by atoms with Crippen molar-refractivity contribution in [2.24, 2.45) is 0 Å². The van der Waals surface area contributed by atoms with Gasteiger partial charge in [-0.2, -0.15) is 5.26 Å². The van der Waals surface area contributed by atoms with Gasteiger partial charge >= 0.3 is 0 Å². The Morgan fingerprint density at radius 1 is 1.27 bits per heavy atom. The molecule has 2 aromatic rings. The number of anilines is 1. The molecule has 2 aromatic carbocycles. The summed E-state index contributed by atoms with van der Waals surface area (Å²) in [7, 11) is 0. The van der Waals surface area contributed by atoms with Crippen LogP contribution in [0.5, 0.6) is 0 Å². The van der Waals surface area contributed by atoms with Crippen molar-refractivity contribution in [1.82, 2.24) is 0 Å². The number of Topliss-reactive ketones (excluding diaryl/α,β-unsaturated/α-hetero) is 2. The number of nitrogens with zero attached hydrogens (tertiary/aromatic N) is 2. The van der Waals surface area contributed by atoms with E-state index in [-0.39, 0.29) is 23.6 Å². The van der Waals surface area contributed by atoms with E-state index in [1.807, 2.05) is 43.3 Å². The van der Waals surface area contributed by atoms with Crippen LogP contribution in [-0.4, -0.2) is 24.2 Å². The first-order chi connectivity index (χ1) is 14.5. The highest BCUT2D eigenvalue weighted by Crippen LogP contribution is 2.30. The molecule has 0 aromatic heterocycles. The number of benzene rings is 2. The van der Waals surface area contributed by atoms with Gasteiger partial charge in [-0.3, -0.25) is 9.59 Å². The summed E-state index contributed by atoms with van der Waals surface area (Å²) in [5.74, 6) is -0.414. The smallest absolute Gasteiger partial charge is 0.196 e. The molecule has 152 valence electrons. The van der Waals surface area contributed by atoms with Crippen LogP contribution in [0.3, 0.4) is 0 Å². The van der Waals surface area contributed by atoms with Crippen molar-refractivity contribution < 1.29 is 9.59 Å². The molecule has 0 bridgehead atoms. The molecule has 0 amide bonds. The van der Waals surface area contributed by atoms with Crippen molar-refractivity contribution in [3.63, 3.8) is 0 Å². The van der Waals surface area contributed by atoms with Crippen LogP contribution in [0.2, 0.25) is 0 Å². The van der Waals surface area contributed by atoms with Crippen LogP contribution < -0.4 is 4.90 Å². The molecule has 4 nitrogen and oxygen atoms in total. The third kappa shape index (κ3) is 3.57. The highest BCUT2D eigenvalue weighted by molar-refractivity contribution is 6.28. The number of allylic oxidation sites excluding steroid dienone is 2. The third-order valence-electron chi connectivity index (χ3n) is 6.40. The Morgan fingerprint density at radius 3 is 2.87 bits per heavy atom. The lowest BCUT2D eigenvalue weighted by molar-refractivity contribution is -0.114. The standard InChI is InChI=1S/C26H26N2O2/c1-3-21-8-5-13-28(21)22-11-9-19(20(14-22)16-27)15-24(29)23-12-10-18-7-4-6-17(2)25(18)26(23)30/h4,6-7,9,11-12,14,21H,3,5,8,10,13,15H2,1-2H3. The lowest BCUT2D eigenvalue weighted by atomic mass is 9.84. The number of hydrogen-bond acceptors (Lipinski definition) is 4. The van der Waals surface area contributed by atoms with Crippen molar-refractivity contribution in [3.05, 3.63) is 75.9 Å². The molecule has 4 heteroatoms. The molecule has 0 N–H and O–H groups in total. The summed E-state index contributed by atoms with van der Waals surface area (Å²) in [4.78, 5) is 28.3. The minimum atomic E-state index is -0.217. The molecule has 1 atom stereocenters. The molecule has 0 radical (unpaired) electrons. The van der Waals surface area contributed by atoms with Gasteiger partial charge in [0, 0.05) is 30.3 Å². The highest BCUT2D eigenvalue weighted by atomic mass is 16.1. The summed E-state index contributed by atoms with van der Waals surface area (Å²) in [6.07, 6.45) is 5.82. The zero-order chi connectivity index (χ0) is 21.3. The number of carbonyl (C=O) groups excluding carboxylic acids is 2. The molecule has 1 heterocycles. The first kappa shape index (κ1) is 20.1. The van der Waals surface area contributed by atoms with Crippen molar-refractivity contribution >= 4 is 17.3 Å². The average Bonchev–Trinajstić information content (AvgIpc) is 3.23. The summed E-state index contributed by atoms with van der Waals surface area (Å²) in [6, 6.07) is 14.3. The summed E-state index contributed by atoms with van der Waals surface area (Å²) in [6.45, 7) is 5.09. The Labute approximate surface area is 177 Å². The van der Waals surface area contributed by atoms with E-state index < -0.39 is 0 Å². The Balaban J connectivity index is 1.57. The Kier molecular flexibility index (Phi) is 5.55. The maximum atomic E-state index is 13.0. The Morgan fingerprint density at radius 2 is 2.10 bits per heavy atom. The van der Waals surface area contributed by atoms with Gasteiger partial charge in [-0.25, -0.2) is 0 Å². The predicted molar refractivity (Wildman–Crippen MR) is 118 cm³/mol. The summed E-state index contributed by atoms with van der Waals surface area (Å²) in [5.41, 5.74) is 5.01. The normalized spacial score (nSPS) is 18.0. The number of nitriles is 1. The van der Waals surface area contributed by atoms with E-state index in [2.05, 4.69) is 17.9 Å². The number of ketones is 2. The van der Waals surface area contributed by atoms with Crippen LogP contribution >= 0.6 is 0 Å². The summed E-state index contributed by atoms with van der Waals surface area (Å²) >= 11 is 0. The number of aryl methyl sites for hydroxylation is 1. The van der Waals surface area contributed by atoms with E-state index in [4.69, 9.17) is 0 Å². The molecule has 4 rings (SSSR count). The van der Waals surface area contributed by atoms with E-state index in [1.165, 1.54) is 6.42 Å². The maximum Gasteiger partial charge on any atom is 0.196 e. The number of rotatable bonds is 5. The van der Waals surface area contributed by atoms with Crippen LogP contribution in [0.25, 0.3) is 0 Å². The second kappa shape index (κ2) is 8.28. The van der Waals surface area contributed by atoms with Crippen molar-refractivity contribution in [2.75, 3.05) is 11.4 Å². The van der Waals surface area contributed by atoms with Gasteiger partial charge in [0.1, 0.15) is 0 Å². The monoisotopic (exact) mass is 398 g/mol. The predicted octanol–water partition coefficient (Wildman–Crippen LogP) is 4.72. The van der Waals surface area contributed by atoms with Gasteiger partial charge in [0.15, 0.2) is 11.6 Å². The van der Waals surface area contributed by atoms with E-state index in [0.29, 0.717) is 29.2 Å². The van der Waals surface area contributed by atoms with Gasteiger partial charge in [0.2, 0.25) is 0 Å². The fourth-order valence-corrected chi connectivity index (χ4v) is 4.77. The molecule has 1 unspecified atom stereocenters. The maximum absolute atomic E-state index is 13.0.